The van der Waals surface area contributed by atoms with E-state index < -0.39 is 0 Å². The van der Waals surface area contributed by atoms with E-state index in [0.717, 1.165) is 25.3 Å². The van der Waals surface area contributed by atoms with Gasteiger partial charge in [-0.1, -0.05) is 29.8 Å². The molecule has 0 aliphatic carbocycles. The largest absolute Gasteiger partial charge is 0.371 e. The Morgan fingerprint density at radius 3 is 2.91 bits per heavy atom. The average molecular weight is 310 g/mol. The number of aryl methyl sites for hydroxylation is 1. The summed E-state index contributed by atoms with van der Waals surface area (Å²) in [6.45, 7) is 2.88. The van der Waals surface area contributed by atoms with Gasteiger partial charge in [0, 0.05) is 6.61 Å². The van der Waals surface area contributed by atoms with Gasteiger partial charge in [0.05, 0.1) is 6.04 Å². The Morgan fingerprint density at radius 2 is 2.04 bits per heavy atom. The van der Waals surface area contributed by atoms with Crippen LogP contribution in [0.25, 0.3) is 5.65 Å². The van der Waals surface area contributed by atoms with Gasteiger partial charge in [0.15, 0.2) is 5.65 Å². The first-order valence-electron chi connectivity index (χ1n) is 7.80. The number of fused-ring (bicyclic) bond motifs is 1. The van der Waals surface area contributed by atoms with Crippen LogP contribution < -0.4 is 5.32 Å². The third-order valence-electron chi connectivity index (χ3n) is 4.13. The predicted molar refractivity (Wildman–Crippen MR) is 85.1 cm³/mol. The second kappa shape index (κ2) is 5.92. The molecule has 2 unspecified atom stereocenters. The number of aromatic nitrogens is 5. The summed E-state index contributed by atoms with van der Waals surface area (Å²) in [4.78, 5) is 0. The van der Waals surface area contributed by atoms with E-state index in [1.54, 1.807) is 0 Å². The molecule has 0 saturated carbocycles. The van der Waals surface area contributed by atoms with Crippen LogP contribution in [0.1, 0.15) is 30.1 Å². The molecule has 0 radical (unpaired) electrons. The fraction of sp³-hybridized carbons (Fsp3) is 0.375. The molecule has 7 nitrogen and oxygen atoms in total. The number of nitrogens with one attached hydrogen (secondary N) is 1. The lowest BCUT2D eigenvalue weighted by Gasteiger charge is -2.33. The Bertz CT molecular complexity index is 800. The van der Waals surface area contributed by atoms with Crippen molar-refractivity contribution in [2.45, 2.75) is 31.9 Å². The van der Waals surface area contributed by atoms with Gasteiger partial charge in [-0.3, -0.25) is 0 Å². The zero-order chi connectivity index (χ0) is 15.6. The lowest BCUT2D eigenvalue weighted by molar-refractivity contribution is 0.00553. The first kappa shape index (κ1) is 14.1. The maximum atomic E-state index is 6.02. The van der Waals surface area contributed by atoms with Crippen molar-refractivity contribution in [1.82, 2.24) is 25.3 Å². The standard InChI is InChI=1S/C16H18N6O/c1-11-4-6-12(7-5-11)16-13(3-2-10-23-16)17-14-8-9-15-18-20-21-22(15)19-14/h4-9,13,16H,2-3,10H2,1H3,(H,17,19). The van der Waals surface area contributed by atoms with Crippen LogP contribution in [0.3, 0.4) is 0 Å². The molecule has 118 valence electrons. The summed E-state index contributed by atoms with van der Waals surface area (Å²) < 4.78 is 7.45. The number of nitrogens with zero attached hydrogens (tertiary/aromatic N) is 5. The van der Waals surface area contributed by atoms with Crippen molar-refractivity contribution in [3.8, 4) is 0 Å². The molecule has 1 aromatic carbocycles. The van der Waals surface area contributed by atoms with E-state index in [-0.39, 0.29) is 12.1 Å². The Hall–Kier alpha value is -2.54. The zero-order valence-electron chi connectivity index (χ0n) is 12.9. The van der Waals surface area contributed by atoms with Crippen molar-refractivity contribution < 1.29 is 4.74 Å². The summed E-state index contributed by atoms with van der Waals surface area (Å²) >= 11 is 0. The van der Waals surface area contributed by atoms with Crippen LogP contribution in [-0.2, 0) is 4.74 Å². The summed E-state index contributed by atoms with van der Waals surface area (Å²) in [6, 6.07) is 12.4. The highest BCUT2D eigenvalue weighted by molar-refractivity contribution is 5.43. The maximum absolute atomic E-state index is 6.02. The quantitative estimate of drug-likeness (QED) is 0.799. The lowest BCUT2D eigenvalue weighted by Crippen LogP contribution is -2.34. The highest BCUT2D eigenvalue weighted by atomic mass is 16.5. The van der Waals surface area contributed by atoms with E-state index in [4.69, 9.17) is 4.74 Å². The van der Waals surface area contributed by atoms with Gasteiger partial charge >= 0.3 is 0 Å². The van der Waals surface area contributed by atoms with Crippen molar-refractivity contribution in [1.29, 1.82) is 0 Å². The summed E-state index contributed by atoms with van der Waals surface area (Å²) in [7, 11) is 0. The summed E-state index contributed by atoms with van der Waals surface area (Å²) in [5, 5.41) is 19.2. The third kappa shape index (κ3) is 2.87. The number of rotatable bonds is 3. The van der Waals surface area contributed by atoms with Crippen LogP contribution in [0.5, 0.6) is 0 Å². The monoisotopic (exact) mass is 310 g/mol. The second-order valence-corrected chi connectivity index (χ2v) is 5.84. The first-order chi connectivity index (χ1) is 11.3. The first-order valence-corrected chi connectivity index (χ1v) is 7.80. The van der Waals surface area contributed by atoms with Crippen LogP contribution in [0.4, 0.5) is 5.82 Å². The molecule has 0 spiro atoms. The molecule has 3 heterocycles. The minimum atomic E-state index is 0.0238. The number of tetrazole rings is 1. The molecule has 3 aromatic rings. The van der Waals surface area contributed by atoms with Crippen LogP contribution in [-0.4, -0.2) is 37.9 Å². The SMILES string of the molecule is Cc1ccc(C2OCCCC2Nc2ccc3nnnn3n2)cc1. The molecule has 23 heavy (non-hydrogen) atoms. The Labute approximate surface area is 133 Å². The van der Waals surface area contributed by atoms with Gasteiger partial charge in [-0.2, -0.15) is 0 Å². The van der Waals surface area contributed by atoms with Gasteiger partial charge in [-0.25, -0.2) is 0 Å². The van der Waals surface area contributed by atoms with Gasteiger partial charge in [0.2, 0.25) is 0 Å². The van der Waals surface area contributed by atoms with E-state index in [0.29, 0.717) is 5.65 Å². The Balaban J connectivity index is 1.58. The molecule has 0 bridgehead atoms. The molecule has 7 heteroatoms. The molecule has 2 aromatic heterocycles. The van der Waals surface area contributed by atoms with Crippen molar-refractivity contribution in [2.75, 3.05) is 11.9 Å². The van der Waals surface area contributed by atoms with Gasteiger partial charge in [-0.05, 0) is 47.9 Å². The number of hydrogen-bond acceptors (Lipinski definition) is 6. The van der Waals surface area contributed by atoms with Gasteiger partial charge in [0.25, 0.3) is 0 Å². The molecule has 2 atom stereocenters. The molecular formula is C16H18N6O. The zero-order valence-corrected chi connectivity index (χ0v) is 12.9. The topological polar surface area (TPSA) is 77.2 Å². The van der Waals surface area contributed by atoms with E-state index in [2.05, 4.69) is 57.1 Å². The maximum Gasteiger partial charge on any atom is 0.200 e. The lowest BCUT2D eigenvalue weighted by atomic mass is 9.95. The molecule has 4 rings (SSSR count). The van der Waals surface area contributed by atoms with Crippen molar-refractivity contribution in [3.63, 3.8) is 0 Å². The van der Waals surface area contributed by atoms with Gasteiger partial charge in [0.1, 0.15) is 11.9 Å². The third-order valence-corrected chi connectivity index (χ3v) is 4.13. The minimum absolute atomic E-state index is 0.0238. The Kier molecular flexibility index (Phi) is 3.63. The smallest absolute Gasteiger partial charge is 0.200 e. The number of ether oxygens (including phenoxy) is 1. The van der Waals surface area contributed by atoms with Crippen LogP contribution in [0, 0.1) is 6.92 Å². The van der Waals surface area contributed by atoms with Crippen LogP contribution in [0.2, 0.25) is 0 Å². The van der Waals surface area contributed by atoms with Crippen LogP contribution in [0.15, 0.2) is 36.4 Å². The van der Waals surface area contributed by atoms with Gasteiger partial charge < -0.3 is 10.1 Å². The van der Waals surface area contributed by atoms with Crippen molar-refractivity contribution >= 4 is 11.5 Å². The molecule has 1 aliphatic rings. The van der Waals surface area contributed by atoms with E-state index in [9.17, 15) is 0 Å². The molecular weight excluding hydrogens is 292 g/mol. The van der Waals surface area contributed by atoms with Crippen molar-refractivity contribution in [2.24, 2.45) is 0 Å². The summed E-state index contributed by atoms with van der Waals surface area (Å²) in [5.74, 6) is 0.748. The normalized spacial score (nSPS) is 21.4. The van der Waals surface area contributed by atoms with Crippen molar-refractivity contribution in [3.05, 3.63) is 47.5 Å². The van der Waals surface area contributed by atoms with Gasteiger partial charge in [-0.15, -0.1) is 14.8 Å². The molecule has 1 N–H and O–H groups in total. The summed E-state index contributed by atoms with van der Waals surface area (Å²) in [5.41, 5.74) is 3.07. The summed E-state index contributed by atoms with van der Waals surface area (Å²) in [6.07, 6.45) is 2.09. The number of benzene rings is 1. The molecule has 1 aliphatic heterocycles. The van der Waals surface area contributed by atoms with E-state index in [1.807, 2.05) is 12.1 Å². The van der Waals surface area contributed by atoms with E-state index in [1.165, 1.54) is 15.8 Å². The molecule has 0 amide bonds. The van der Waals surface area contributed by atoms with E-state index >= 15 is 0 Å². The molecule has 1 saturated heterocycles. The molecule has 1 fully saturated rings. The average Bonchev–Trinajstić information content (AvgIpc) is 3.04. The highest BCUT2D eigenvalue weighted by Gasteiger charge is 2.27. The van der Waals surface area contributed by atoms with Crippen LogP contribution >= 0.6 is 0 Å². The predicted octanol–water partition coefficient (Wildman–Crippen LogP) is 2.16. The minimum Gasteiger partial charge on any atom is -0.371 e. The Morgan fingerprint density at radius 1 is 1.17 bits per heavy atom. The fourth-order valence-corrected chi connectivity index (χ4v) is 2.93. The highest BCUT2D eigenvalue weighted by Crippen LogP contribution is 2.30. The fourth-order valence-electron chi connectivity index (χ4n) is 2.93. The number of anilines is 1. The number of hydrogen-bond donors (Lipinski definition) is 1. The second-order valence-electron chi connectivity index (χ2n) is 5.84.